The van der Waals surface area contributed by atoms with E-state index < -0.39 is 0 Å². The molecule has 0 aromatic heterocycles. The SMILES string of the molecule is CC(C)C1NCC(=O)N1CCC1CCN(C)CC1. The fourth-order valence-electron chi connectivity index (χ4n) is 3.09. The number of nitrogens with one attached hydrogen (secondary N) is 1. The van der Waals surface area contributed by atoms with Crippen LogP contribution in [-0.4, -0.2) is 55.1 Å². The Morgan fingerprint density at radius 2 is 2.00 bits per heavy atom. The maximum Gasteiger partial charge on any atom is 0.237 e. The highest BCUT2D eigenvalue weighted by atomic mass is 16.2. The average molecular weight is 253 g/mol. The Morgan fingerprint density at radius 1 is 1.33 bits per heavy atom. The molecule has 4 heteroatoms. The van der Waals surface area contributed by atoms with Gasteiger partial charge in [-0.3, -0.25) is 10.1 Å². The minimum Gasteiger partial charge on any atom is -0.326 e. The molecule has 0 bridgehead atoms. The largest absolute Gasteiger partial charge is 0.326 e. The summed E-state index contributed by atoms with van der Waals surface area (Å²) in [5, 5.41) is 3.32. The second-order valence-corrected chi connectivity index (χ2v) is 6.19. The first-order valence-electron chi connectivity index (χ1n) is 7.29. The normalized spacial score (nSPS) is 27.4. The first kappa shape index (κ1) is 13.8. The molecule has 1 atom stereocenters. The molecule has 104 valence electrons. The Balaban J connectivity index is 1.79. The maximum atomic E-state index is 11.9. The molecule has 0 aromatic carbocycles. The number of amides is 1. The minimum absolute atomic E-state index is 0.253. The molecule has 2 fully saturated rings. The highest BCUT2D eigenvalue weighted by molar-refractivity contribution is 5.80. The second kappa shape index (κ2) is 6.02. The number of carbonyl (C=O) groups is 1. The molecule has 2 saturated heterocycles. The van der Waals surface area contributed by atoms with Crippen LogP contribution in [0, 0.1) is 11.8 Å². The molecule has 2 aliphatic heterocycles. The molecule has 1 N–H and O–H groups in total. The highest BCUT2D eigenvalue weighted by Gasteiger charge is 2.32. The number of likely N-dealkylation sites (tertiary alicyclic amines) is 1. The molecule has 2 aliphatic rings. The van der Waals surface area contributed by atoms with E-state index in [4.69, 9.17) is 0 Å². The van der Waals surface area contributed by atoms with E-state index in [2.05, 4.69) is 36.0 Å². The van der Waals surface area contributed by atoms with Gasteiger partial charge in [0, 0.05) is 6.54 Å². The lowest BCUT2D eigenvalue weighted by molar-refractivity contribution is -0.128. The van der Waals surface area contributed by atoms with E-state index in [0.717, 1.165) is 12.5 Å². The van der Waals surface area contributed by atoms with E-state index in [1.165, 1.54) is 32.4 Å². The molecule has 4 nitrogen and oxygen atoms in total. The third kappa shape index (κ3) is 3.23. The molecule has 0 radical (unpaired) electrons. The summed E-state index contributed by atoms with van der Waals surface area (Å²) in [7, 11) is 2.19. The topological polar surface area (TPSA) is 35.6 Å². The fourth-order valence-corrected chi connectivity index (χ4v) is 3.09. The van der Waals surface area contributed by atoms with Crippen molar-refractivity contribution in [3.8, 4) is 0 Å². The van der Waals surface area contributed by atoms with Gasteiger partial charge in [0.15, 0.2) is 0 Å². The van der Waals surface area contributed by atoms with Gasteiger partial charge in [-0.05, 0) is 51.2 Å². The van der Waals surface area contributed by atoms with Gasteiger partial charge in [-0.1, -0.05) is 13.8 Å². The number of rotatable bonds is 4. The zero-order valence-corrected chi connectivity index (χ0v) is 12.0. The van der Waals surface area contributed by atoms with Gasteiger partial charge in [0.05, 0.1) is 12.7 Å². The maximum absolute atomic E-state index is 11.9. The van der Waals surface area contributed by atoms with Gasteiger partial charge in [-0.15, -0.1) is 0 Å². The van der Waals surface area contributed by atoms with E-state index in [0.29, 0.717) is 12.5 Å². The molecule has 2 heterocycles. The lowest BCUT2D eigenvalue weighted by Gasteiger charge is -2.32. The van der Waals surface area contributed by atoms with Gasteiger partial charge in [0.2, 0.25) is 5.91 Å². The lowest BCUT2D eigenvalue weighted by atomic mass is 9.93. The molecular formula is C14H27N3O. The first-order valence-corrected chi connectivity index (χ1v) is 7.29. The molecule has 0 aromatic rings. The van der Waals surface area contributed by atoms with Crippen molar-refractivity contribution in [2.75, 3.05) is 33.2 Å². The highest BCUT2D eigenvalue weighted by Crippen LogP contribution is 2.22. The molecule has 1 amide bonds. The third-order valence-electron chi connectivity index (χ3n) is 4.37. The van der Waals surface area contributed by atoms with Crippen LogP contribution in [0.1, 0.15) is 33.1 Å². The predicted octanol–water partition coefficient (Wildman–Crippen LogP) is 1.13. The first-order chi connectivity index (χ1) is 8.58. The van der Waals surface area contributed by atoms with Crippen LogP contribution in [0.25, 0.3) is 0 Å². The fraction of sp³-hybridized carbons (Fsp3) is 0.929. The zero-order valence-electron chi connectivity index (χ0n) is 12.0. The van der Waals surface area contributed by atoms with Gasteiger partial charge < -0.3 is 9.80 Å². The smallest absolute Gasteiger partial charge is 0.237 e. The number of hydrogen-bond acceptors (Lipinski definition) is 3. The van der Waals surface area contributed by atoms with Crippen LogP contribution in [0.5, 0.6) is 0 Å². The summed E-state index contributed by atoms with van der Waals surface area (Å²) in [5.41, 5.74) is 0. The van der Waals surface area contributed by atoms with Crippen molar-refractivity contribution in [1.82, 2.24) is 15.1 Å². The Kier molecular flexibility index (Phi) is 4.62. The van der Waals surface area contributed by atoms with Crippen LogP contribution in [0.4, 0.5) is 0 Å². The van der Waals surface area contributed by atoms with Gasteiger partial charge in [-0.25, -0.2) is 0 Å². The van der Waals surface area contributed by atoms with Crippen LogP contribution < -0.4 is 5.32 Å². The predicted molar refractivity (Wildman–Crippen MR) is 73.2 cm³/mol. The summed E-state index contributed by atoms with van der Waals surface area (Å²) < 4.78 is 0. The number of piperidine rings is 1. The number of hydrogen-bond donors (Lipinski definition) is 1. The van der Waals surface area contributed by atoms with Crippen molar-refractivity contribution in [3.63, 3.8) is 0 Å². The van der Waals surface area contributed by atoms with E-state index in [1.807, 2.05) is 0 Å². The van der Waals surface area contributed by atoms with Crippen molar-refractivity contribution < 1.29 is 4.79 Å². The molecule has 0 spiro atoms. The van der Waals surface area contributed by atoms with E-state index in [9.17, 15) is 4.79 Å². The lowest BCUT2D eigenvalue weighted by Crippen LogP contribution is -2.42. The Morgan fingerprint density at radius 3 is 2.61 bits per heavy atom. The monoisotopic (exact) mass is 253 g/mol. The molecule has 18 heavy (non-hydrogen) atoms. The van der Waals surface area contributed by atoms with Gasteiger partial charge in [-0.2, -0.15) is 0 Å². The number of carbonyl (C=O) groups excluding carboxylic acids is 1. The van der Waals surface area contributed by atoms with Crippen molar-refractivity contribution in [2.45, 2.75) is 39.3 Å². The van der Waals surface area contributed by atoms with E-state index in [-0.39, 0.29) is 12.1 Å². The summed E-state index contributed by atoms with van der Waals surface area (Å²) in [6, 6.07) is 0. The third-order valence-corrected chi connectivity index (χ3v) is 4.37. The van der Waals surface area contributed by atoms with Crippen LogP contribution in [0.3, 0.4) is 0 Å². The standard InChI is InChI=1S/C14H27N3O/c1-11(2)14-15-10-13(18)17(14)9-6-12-4-7-16(3)8-5-12/h11-12,14-15H,4-10H2,1-3H3. The van der Waals surface area contributed by atoms with Crippen molar-refractivity contribution in [2.24, 2.45) is 11.8 Å². The van der Waals surface area contributed by atoms with Crippen molar-refractivity contribution in [3.05, 3.63) is 0 Å². The summed E-state index contributed by atoms with van der Waals surface area (Å²) in [6.07, 6.45) is 4.00. The molecule has 1 unspecified atom stereocenters. The van der Waals surface area contributed by atoms with Gasteiger partial charge in [0.25, 0.3) is 0 Å². The van der Waals surface area contributed by atoms with Crippen LogP contribution in [0.2, 0.25) is 0 Å². The molecule has 2 rings (SSSR count). The molecule has 0 aliphatic carbocycles. The van der Waals surface area contributed by atoms with Gasteiger partial charge in [0.1, 0.15) is 0 Å². The zero-order chi connectivity index (χ0) is 13.1. The van der Waals surface area contributed by atoms with Crippen LogP contribution in [0.15, 0.2) is 0 Å². The summed E-state index contributed by atoms with van der Waals surface area (Å²) >= 11 is 0. The molecular weight excluding hydrogens is 226 g/mol. The second-order valence-electron chi connectivity index (χ2n) is 6.19. The summed E-state index contributed by atoms with van der Waals surface area (Å²) in [4.78, 5) is 16.3. The van der Waals surface area contributed by atoms with Crippen LogP contribution >= 0.6 is 0 Å². The Labute approximate surface area is 111 Å². The Bertz CT molecular complexity index is 285. The number of nitrogens with zero attached hydrogens (tertiary/aromatic N) is 2. The van der Waals surface area contributed by atoms with Gasteiger partial charge >= 0.3 is 0 Å². The average Bonchev–Trinajstić information content (AvgIpc) is 2.70. The van der Waals surface area contributed by atoms with Crippen molar-refractivity contribution >= 4 is 5.91 Å². The van der Waals surface area contributed by atoms with E-state index >= 15 is 0 Å². The summed E-state index contributed by atoms with van der Waals surface area (Å²) in [5.74, 6) is 1.58. The molecule has 0 saturated carbocycles. The summed E-state index contributed by atoms with van der Waals surface area (Å²) in [6.45, 7) is 8.24. The van der Waals surface area contributed by atoms with Crippen LogP contribution in [-0.2, 0) is 4.79 Å². The van der Waals surface area contributed by atoms with E-state index in [1.54, 1.807) is 0 Å². The quantitative estimate of drug-likeness (QED) is 0.816. The van der Waals surface area contributed by atoms with Crippen molar-refractivity contribution in [1.29, 1.82) is 0 Å². The Hall–Kier alpha value is -0.610. The minimum atomic E-state index is 0.253.